The first-order valence-electron chi connectivity index (χ1n) is 8.74. The number of carbonyl (C=O) groups is 1. The Morgan fingerprint density at radius 2 is 2.00 bits per heavy atom. The van der Waals surface area contributed by atoms with Gasteiger partial charge in [0.25, 0.3) is 0 Å². The lowest BCUT2D eigenvalue weighted by Gasteiger charge is -2.22. The molecule has 2 amide bonds. The Hall–Kier alpha value is -3.07. The molecule has 1 atom stereocenters. The van der Waals surface area contributed by atoms with E-state index in [4.69, 9.17) is 16.1 Å². The zero-order chi connectivity index (χ0) is 20.5. The minimum absolute atomic E-state index is 0.00338. The van der Waals surface area contributed by atoms with Gasteiger partial charge in [-0.3, -0.25) is 0 Å². The van der Waals surface area contributed by atoms with Crippen molar-refractivity contribution in [2.75, 3.05) is 11.9 Å². The van der Waals surface area contributed by atoms with Crippen molar-refractivity contribution >= 4 is 23.3 Å². The number of nitrogens with one attached hydrogen (secondary N) is 1. The van der Waals surface area contributed by atoms with E-state index < -0.39 is 29.5 Å². The molecule has 1 fully saturated rings. The third-order valence-electron chi connectivity index (χ3n) is 4.58. The fourth-order valence-corrected chi connectivity index (χ4v) is 3.37. The minimum Gasteiger partial charge on any atom is -0.337 e. The van der Waals surface area contributed by atoms with Crippen molar-refractivity contribution in [3.8, 4) is 11.4 Å². The number of nitrogens with zero attached hydrogens (tertiary/aromatic N) is 3. The van der Waals surface area contributed by atoms with Crippen LogP contribution in [0.3, 0.4) is 0 Å². The summed E-state index contributed by atoms with van der Waals surface area (Å²) in [5, 5.41) is 6.30. The van der Waals surface area contributed by atoms with Crippen LogP contribution in [0.2, 0.25) is 5.02 Å². The highest BCUT2D eigenvalue weighted by atomic mass is 35.5. The Kier molecular flexibility index (Phi) is 5.14. The molecule has 150 valence electrons. The molecule has 4 rings (SSSR count). The van der Waals surface area contributed by atoms with Crippen molar-refractivity contribution in [3.63, 3.8) is 0 Å². The molecule has 2 heterocycles. The molecule has 0 spiro atoms. The lowest BCUT2D eigenvalue weighted by molar-refractivity contribution is 0.193. The number of aromatic nitrogens is 2. The average molecular weight is 423 g/mol. The third kappa shape index (κ3) is 3.91. The summed E-state index contributed by atoms with van der Waals surface area (Å²) in [4.78, 5) is 18.3. The summed E-state index contributed by atoms with van der Waals surface area (Å²) >= 11 is 5.74. The molecule has 10 heteroatoms. The molecule has 1 saturated heterocycles. The van der Waals surface area contributed by atoms with Gasteiger partial charge >= 0.3 is 6.03 Å². The standard InChI is InChI=1S/C19H14ClF3N4O2/c20-13-9-11(4-6-14(13)22)24-19(28)27-7-1-2-16(27)18-25-17(26-29-18)12-5-3-10(21)8-15(12)23/h3-6,8-9,16H,1-2,7H2,(H,24,28)/t16-/m0/s1. The molecule has 1 aromatic heterocycles. The van der Waals surface area contributed by atoms with Gasteiger partial charge in [0.1, 0.15) is 23.5 Å². The largest absolute Gasteiger partial charge is 0.337 e. The van der Waals surface area contributed by atoms with E-state index in [0.717, 1.165) is 18.2 Å². The predicted molar refractivity (Wildman–Crippen MR) is 98.8 cm³/mol. The highest BCUT2D eigenvalue weighted by Gasteiger charge is 2.34. The number of benzene rings is 2. The molecule has 3 aromatic rings. The minimum atomic E-state index is -0.813. The van der Waals surface area contributed by atoms with Crippen LogP contribution < -0.4 is 5.32 Å². The molecule has 1 aliphatic heterocycles. The summed E-state index contributed by atoms with van der Waals surface area (Å²) in [6.45, 7) is 0.439. The Balaban J connectivity index is 1.53. The van der Waals surface area contributed by atoms with Gasteiger partial charge in [0.2, 0.25) is 11.7 Å². The average Bonchev–Trinajstić information content (AvgIpc) is 3.34. The van der Waals surface area contributed by atoms with Crippen molar-refractivity contribution in [1.29, 1.82) is 0 Å². The van der Waals surface area contributed by atoms with Crippen molar-refractivity contribution < 1.29 is 22.5 Å². The van der Waals surface area contributed by atoms with Crippen LogP contribution in [0.25, 0.3) is 11.4 Å². The number of halogens is 4. The molecule has 0 saturated carbocycles. The van der Waals surface area contributed by atoms with E-state index in [1.54, 1.807) is 0 Å². The monoisotopic (exact) mass is 422 g/mol. The quantitative estimate of drug-likeness (QED) is 0.631. The smallest absolute Gasteiger partial charge is 0.322 e. The van der Waals surface area contributed by atoms with Gasteiger partial charge in [0, 0.05) is 18.3 Å². The number of hydrogen-bond acceptors (Lipinski definition) is 4. The van der Waals surface area contributed by atoms with Crippen molar-refractivity contribution in [1.82, 2.24) is 15.0 Å². The van der Waals surface area contributed by atoms with Crippen molar-refractivity contribution in [2.45, 2.75) is 18.9 Å². The molecular weight excluding hydrogens is 409 g/mol. The Morgan fingerprint density at radius 3 is 2.76 bits per heavy atom. The van der Waals surface area contributed by atoms with E-state index in [2.05, 4.69) is 15.5 Å². The summed E-state index contributed by atoms with van der Waals surface area (Å²) in [5.74, 6) is -2.00. The molecule has 6 nitrogen and oxygen atoms in total. The molecule has 1 aliphatic rings. The van der Waals surface area contributed by atoms with Crippen molar-refractivity contribution in [3.05, 3.63) is 64.8 Å². The second kappa shape index (κ2) is 7.75. The van der Waals surface area contributed by atoms with Gasteiger partial charge in [-0.2, -0.15) is 4.98 Å². The number of urea groups is 1. The van der Waals surface area contributed by atoms with E-state index in [0.29, 0.717) is 25.1 Å². The number of carbonyl (C=O) groups excluding carboxylic acids is 1. The van der Waals surface area contributed by atoms with Gasteiger partial charge in [-0.25, -0.2) is 18.0 Å². The highest BCUT2D eigenvalue weighted by Crippen LogP contribution is 2.33. The summed E-state index contributed by atoms with van der Waals surface area (Å²) in [5.41, 5.74) is 0.336. The normalized spacial score (nSPS) is 16.3. The molecule has 2 aromatic carbocycles. The fourth-order valence-electron chi connectivity index (χ4n) is 3.19. The Labute approximate surface area is 168 Å². The fraction of sp³-hybridized carbons (Fsp3) is 0.211. The number of rotatable bonds is 3. The Bertz CT molecular complexity index is 1080. The van der Waals surface area contributed by atoms with E-state index in [-0.39, 0.29) is 22.3 Å². The second-order valence-corrected chi connectivity index (χ2v) is 6.90. The Morgan fingerprint density at radius 1 is 1.17 bits per heavy atom. The number of amides is 2. The van der Waals surface area contributed by atoms with Crippen LogP contribution in [0.4, 0.5) is 23.7 Å². The van der Waals surface area contributed by atoms with Crippen LogP contribution >= 0.6 is 11.6 Å². The maximum absolute atomic E-state index is 14.0. The number of hydrogen-bond donors (Lipinski definition) is 1. The summed E-state index contributed by atoms with van der Waals surface area (Å²) in [7, 11) is 0. The van der Waals surface area contributed by atoms with Gasteiger partial charge in [0.15, 0.2) is 0 Å². The van der Waals surface area contributed by atoms with Crippen LogP contribution in [0.15, 0.2) is 40.9 Å². The van der Waals surface area contributed by atoms with E-state index in [1.165, 1.54) is 23.1 Å². The molecule has 0 unspecified atom stereocenters. The summed E-state index contributed by atoms with van der Waals surface area (Å²) < 4.78 is 45.6. The van der Waals surface area contributed by atoms with Gasteiger partial charge in [0.05, 0.1) is 10.6 Å². The van der Waals surface area contributed by atoms with Gasteiger partial charge < -0.3 is 14.7 Å². The van der Waals surface area contributed by atoms with Crippen LogP contribution in [0, 0.1) is 17.5 Å². The van der Waals surface area contributed by atoms with E-state index in [1.807, 2.05) is 0 Å². The molecular formula is C19H14ClF3N4O2. The molecule has 0 bridgehead atoms. The summed E-state index contributed by atoms with van der Waals surface area (Å²) in [6, 6.07) is 5.96. The summed E-state index contributed by atoms with van der Waals surface area (Å²) in [6.07, 6.45) is 1.27. The second-order valence-electron chi connectivity index (χ2n) is 6.49. The highest BCUT2D eigenvalue weighted by molar-refractivity contribution is 6.31. The van der Waals surface area contributed by atoms with Crippen LogP contribution in [-0.4, -0.2) is 27.6 Å². The molecule has 29 heavy (non-hydrogen) atoms. The number of anilines is 1. The number of likely N-dealkylation sites (tertiary alicyclic amines) is 1. The lowest BCUT2D eigenvalue weighted by atomic mass is 10.2. The first-order chi connectivity index (χ1) is 13.9. The topological polar surface area (TPSA) is 71.3 Å². The first-order valence-corrected chi connectivity index (χ1v) is 9.12. The zero-order valence-corrected chi connectivity index (χ0v) is 15.6. The molecule has 0 radical (unpaired) electrons. The van der Waals surface area contributed by atoms with Crippen LogP contribution in [-0.2, 0) is 0 Å². The maximum atomic E-state index is 14.0. The van der Waals surface area contributed by atoms with Crippen LogP contribution in [0.5, 0.6) is 0 Å². The van der Waals surface area contributed by atoms with Gasteiger partial charge in [-0.05, 0) is 43.2 Å². The SMILES string of the molecule is O=C(Nc1ccc(F)c(Cl)c1)N1CCC[C@H]1c1nc(-c2ccc(F)cc2F)no1. The van der Waals surface area contributed by atoms with Gasteiger partial charge in [-0.1, -0.05) is 16.8 Å². The van der Waals surface area contributed by atoms with Gasteiger partial charge in [-0.15, -0.1) is 0 Å². The third-order valence-corrected chi connectivity index (χ3v) is 4.87. The molecule has 0 aliphatic carbocycles. The van der Waals surface area contributed by atoms with Crippen molar-refractivity contribution in [2.24, 2.45) is 0 Å². The van der Waals surface area contributed by atoms with E-state index in [9.17, 15) is 18.0 Å². The zero-order valence-electron chi connectivity index (χ0n) is 14.8. The maximum Gasteiger partial charge on any atom is 0.322 e. The van der Waals surface area contributed by atoms with Crippen LogP contribution in [0.1, 0.15) is 24.8 Å². The first kappa shape index (κ1) is 19.3. The predicted octanol–water partition coefficient (Wildman–Crippen LogP) is 5.18. The van der Waals surface area contributed by atoms with E-state index >= 15 is 0 Å². The molecule has 1 N–H and O–H groups in total. The lowest BCUT2D eigenvalue weighted by Crippen LogP contribution is -2.34.